The van der Waals surface area contributed by atoms with Crippen LogP contribution in [0.1, 0.15) is 28.1 Å². The van der Waals surface area contributed by atoms with Crippen LogP contribution in [0.2, 0.25) is 0 Å². The van der Waals surface area contributed by atoms with E-state index >= 15 is 0 Å². The fourth-order valence-corrected chi connectivity index (χ4v) is 3.75. The summed E-state index contributed by atoms with van der Waals surface area (Å²) in [5, 5.41) is 0. The van der Waals surface area contributed by atoms with Crippen LogP contribution in [0.3, 0.4) is 0 Å². The highest BCUT2D eigenvalue weighted by Crippen LogP contribution is 2.27. The van der Waals surface area contributed by atoms with Crippen molar-refractivity contribution in [1.29, 1.82) is 0 Å². The number of hydrogen-bond donors (Lipinski definition) is 1. The number of aliphatic imine (C=N–C) groups is 2. The second kappa shape index (κ2) is 11.1. The maximum atomic E-state index is 6.43. The molecule has 35 heavy (non-hydrogen) atoms. The summed E-state index contributed by atoms with van der Waals surface area (Å²) in [7, 11) is 2.02. The van der Waals surface area contributed by atoms with Crippen molar-refractivity contribution >= 4 is 17.7 Å². The molecule has 5 nitrogen and oxygen atoms in total. The standard InChI is InChI=1S/C30H29N5/c1-4-5-20-27-22(2)35(3)30(33-27)26-19-13-12-18-25(26)29(32-21-23-14-8-6-9-15-23)34-28(31)24-16-10-7-11-17-24/h4-20H,1,21H2,2-3H3,(H2,31,32,34)/b20-5-. The van der Waals surface area contributed by atoms with Gasteiger partial charge in [-0.3, -0.25) is 4.99 Å². The van der Waals surface area contributed by atoms with Crippen molar-refractivity contribution < 1.29 is 0 Å². The topological polar surface area (TPSA) is 68.6 Å². The molecular weight excluding hydrogens is 430 g/mol. The molecule has 0 saturated heterocycles. The number of aromatic nitrogens is 2. The van der Waals surface area contributed by atoms with E-state index in [9.17, 15) is 0 Å². The first-order valence-corrected chi connectivity index (χ1v) is 11.5. The van der Waals surface area contributed by atoms with Gasteiger partial charge in [0.05, 0.1) is 12.2 Å². The first kappa shape index (κ1) is 23.6. The Bertz CT molecular complexity index is 1390. The molecule has 2 N–H and O–H groups in total. The van der Waals surface area contributed by atoms with Crippen LogP contribution < -0.4 is 5.73 Å². The van der Waals surface area contributed by atoms with Crippen molar-refractivity contribution in [2.45, 2.75) is 13.5 Å². The molecule has 0 unspecified atom stereocenters. The first-order valence-electron chi connectivity index (χ1n) is 11.5. The minimum Gasteiger partial charge on any atom is -0.383 e. The maximum Gasteiger partial charge on any atom is 0.158 e. The van der Waals surface area contributed by atoms with Crippen LogP contribution in [0, 0.1) is 6.92 Å². The summed E-state index contributed by atoms with van der Waals surface area (Å²) in [5.41, 5.74) is 12.1. The second-order valence-electron chi connectivity index (χ2n) is 8.09. The van der Waals surface area contributed by atoms with Gasteiger partial charge in [0.1, 0.15) is 11.7 Å². The third-order valence-corrected chi connectivity index (χ3v) is 5.77. The molecular formula is C30H29N5. The van der Waals surface area contributed by atoms with E-state index in [1.165, 1.54) is 0 Å². The fraction of sp³-hybridized carbons (Fsp3) is 0.100. The fourth-order valence-electron chi connectivity index (χ4n) is 3.75. The number of allylic oxidation sites excluding steroid dienone is 2. The summed E-state index contributed by atoms with van der Waals surface area (Å²) in [6, 6.07) is 27.9. The third-order valence-electron chi connectivity index (χ3n) is 5.77. The Balaban J connectivity index is 1.85. The molecule has 0 aliphatic heterocycles. The van der Waals surface area contributed by atoms with Crippen molar-refractivity contribution in [2.75, 3.05) is 0 Å². The van der Waals surface area contributed by atoms with Crippen molar-refractivity contribution in [3.05, 3.63) is 132 Å². The lowest BCUT2D eigenvalue weighted by Gasteiger charge is -2.11. The van der Waals surface area contributed by atoms with Gasteiger partial charge in [-0.25, -0.2) is 9.98 Å². The van der Waals surface area contributed by atoms with E-state index < -0.39 is 0 Å². The van der Waals surface area contributed by atoms with Crippen LogP contribution in [0.25, 0.3) is 17.5 Å². The molecule has 4 aromatic rings. The molecule has 0 fully saturated rings. The largest absolute Gasteiger partial charge is 0.383 e. The molecule has 0 radical (unpaired) electrons. The van der Waals surface area contributed by atoms with E-state index in [0.29, 0.717) is 18.2 Å². The van der Waals surface area contributed by atoms with Crippen molar-refractivity contribution in [3.63, 3.8) is 0 Å². The first-order chi connectivity index (χ1) is 17.1. The van der Waals surface area contributed by atoms with Crippen molar-refractivity contribution in [2.24, 2.45) is 22.8 Å². The number of nitrogens with two attached hydrogens (primary N) is 1. The molecule has 5 heteroatoms. The van der Waals surface area contributed by atoms with Gasteiger partial charge in [0.2, 0.25) is 0 Å². The summed E-state index contributed by atoms with van der Waals surface area (Å²) < 4.78 is 2.08. The summed E-state index contributed by atoms with van der Waals surface area (Å²) in [6.45, 7) is 6.31. The molecule has 0 saturated carbocycles. The van der Waals surface area contributed by atoms with Crippen LogP contribution in [-0.2, 0) is 13.6 Å². The van der Waals surface area contributed by atoms with Crippen LogP contribution in [-0.4, -0.2) is 21.2 Å². The number of nitrogens with zero attached hydrogens (tertiary/aromatic N) is 4. The van der Waals surface area contributed by atoms with Gasteiger partial charge >= 0.3 is 0 Å². The van der Waals surface area contributed by atoms with E-state index in [0.717, 1.165) is 39.5 Å². The molecule has 4 rings (SSSR count). The van der Waals surface area contributed by atoms with Gasteiger partial charge in [0.25, 0.3) is 0 Å². The van der Waals surface area contributed by atoms with E-state index in [1.54, 1.807) is 6.08 Å². The smallest absolute Gasteiger partial charge is 0.158 e. The molecule has 0 bridgehead atoms. The molecule has 0 aliphatic rings. The Morgan fingerprint density at radius 3 is 2.34 bits per heavy atom. The molecule has 174 valence electrons. The number of imidazole rings is 1. The molecule has 1 heterocycles. The summed E-state index contributed by atoms with van der Waals surface area (Å²) >= 11 is 0. The number of benzene rings is 3. The van der Waals surface area contributed by atoms with Crippen LogP contribution in [0.4, 0.5) is 0 Å². The maximum absolute atomic E-state index is 6.43. The highest BCUT2D eigenvalue weighted by molar-refractivity contribution is 6.13. The number of amidine groups is 2. The molecule has 1 aromatic heterocycles. The zero-order chi connectivity index (χ0) is 24.6. The lowest BCUT2D eigenvalue weighted by molar-refractivity contribution is 0.883. The van der Waals surface area contributed by atoms with Gasteiger partial charge in [-0.1, -0.05) is 104 Å². The highest BCUT2D eigenvalue weighted by atomic mass is 15.1. The van der Waals surface area contributed by atoms with Gasteiger partial charge < -0.3 is 10.3 Å². The number of hydrogen-bond acceptors (Lipinski definition) is 2. The van der Waals surface area contributed by atoms with Gasteiger partial charge in [-0.05, 0) is 18.6 Å². The predicted octanol–water partition coefficient (Wildman–Crippen LogP) is 5.95. The molecule has 0 amide bonds. The summed E-state index contributed by atoms with van der Waals surface area (Å²) in [5.74, 6) is 1.81. The van der Waals surface area contributed by atoms with E-state index in [1.807, 2.05) is 92.0 Å². The summed E-state index contributed by atoms with van der Waals surface area (Å²) in [4.78, 5) is 14.6. The summed E-state index contributed by atoms with van der Waals surface area (Å²) in [6.07, 6.45) is 5.60. The predicted molar refractivity (Wildman–Crippen MR) is 146 cm³/mol. The van der Waals surface area contributed by atoms with Crippen LogP contribution in [0.5, 0.6) is 0 Å². The zero-order valence-electron chi connectivity index (χ0n) is 20.1. The van der Waals surface area contributed by atoms with Crippen LogP contribution >= 0.6 is 0 Å². The average Bonchev–Trinajstić information content (AvgIpc) is 3.19. The van der Waals surface area contributed by atoms with Gasteiger partial charge in [-0.2, -0.15) is 0 Å². The van der Waals surface area contributed by atoms with Gasteiger partial charge in [-0.15, -0.1) is 0 Å². The normalized spacial score (nSPS) is 12.3. The monoisotopic (exact) mass is 459 g/mol. The van der Waals surface area contributed by atoms with Crippen LogP contribution in [0.15, 0.2) is 114 Å². The lowest BCUT2D eigenvalue weighted by Crippen LogP contribution is -2.17. The highest BCUT2D eigenvalue weighted by Gasteiger charge is 2.17. The van der Waals surface area contributed by atoms with Crippen molar-refractivity contribution in [3.8, 4) is 11.4 Å². The van der Waals surface area contributed by atoms with E-state index in [-0.39, 0.29) is 0 Å². The Hall–Kier alpha value is -4.51. The zero-order valence-corrected chi connectivity index (χ0v) is 20.1. The Morgan fingerprint density at radius 1 is 0.971 bits per heavy atom. The molecule has 0 aliphatic carbocycles. The van der Waals surface area contributed by atoms with E-state index in [4.69, 9.17) is 20.7 Å². The Labute approximate surface area is 206 Å². The van der Waals surface area contributed by atoms with Gasteiger partial charge in [0.15, 0.2) is 5.84 Å². The van der Waals surface area contributed by atoms with Gasteiger partial charge in [0, 0.05) is 29.4 Å². The molecule has 3 aromatic carbocycles. The Kier molecular flexibility index (Phi) is 7.48. The average molecular weight is 460 g/mol. The third kappa shape index (κ3) is 5.53. The minimum atomic E-state index is 0.415. The SMILES string of the molecule is C=C/C=C\c1nc(-c2ccccc2C(/N=C(\N)c2ccccc2)=N/Cc2ccccc2)n(C)c1C. The number of rotatable bonds is 7. The Morgan fingerprint density at radius 2 is 1.63 bits per heavy atom. The van der Waals surface area contributed by atoms with E-state index in [2.05, 4.69) is 30.2 Å². The van der Waals surface area contributed by atoms with Crippen molar-refractivity contribution in [1.82, 2.24) is 9.55 Å². The lowest BCUT2D eigenvalue weighted by atomic mass is 10.1. The quantitative estimate of drug-likeness (QED) is 0.211. The second-order valence-corrected chi connectivity index (χ2v) is 8.09. The molecule has 0 spiro atoms. The molecule has 0 atom stereocenters. The minimum absolute atomic E-state index is 0.415.